The lowest BCUT2D eigenvalue weighted by Crippen LogP contribution is -2.30. The van der Waals surface area contributed by atoms with Crippen LogP contribution in [-0.2, 0) is 55.8 Å². The number of hydrogen-bond donors (Lipinski definition) is 4. The van der Waals surface area contributed by atoms with E-state index in [1.807, 2.05) is 24.3 Å². The zero-order chi connectivity index (χ0) is 68.1. The fourth-order valence-electron chi connectivity index (χ4n) is 8.21. The molecule has 0 radical (unpaired) electrons. The summed E-state index contributed by atoms with van der Waals surface area (Å²) in [6, 6.07) is 0. The van der Waals surface area contributed by atoms with Gasteiger partial charge in [0.15, 0.2) is 6.10 Å². The highest BCUT2D eigenvalue weighted by molar-refractivity contribution is 7.47. The Morgan fingerprint density at radius 2 is 0.581 bits per heavy atom. The van der Waals surface area contributed by atoms with Gasteiger partial charge in [-0.1, -0.05) is 236 Å². The smallest absolute Gasteiger partial charge is 0.463 e. The van der Waals surface area contributed by atoms with Gasteiger partial charge in [-0.15, -0.1) is 0 Å². The average Bonchev–Trinajstić information content (AvgIpc) is 3.67. The van der Waals surface area contributed by atoms with Crippen LogP contribution in [0.3, 0.4) is 0 Å². The van der Waals surface area contributed by atoms with E-state index in [9.17, 15) is 43.5 Å². The van der Waals surface area contributed by atoms with E-state index >= 15 is 0 Å². The number of phosphoric acid groups is 2. The number of carbonyl (C=O) groups excluding carboxylic acids is 3. The summed E-state index contributed by atoms with van der Waals surface area (Å²) in [5, 5.41) is 20.6. The van der Waals surface area contributed by atoms with Crippen LogP contribution in [0.2, 0.25) is 0 Å². The van der Waals surface area contributed by atoms with Crippen LogP contribution >= 0.6 is 15.6 Å². The minimum atomic E-state index is -4.96. The maximum absolute atomic E-state index is 12.9. The molecule has 16 nitrogen and oxygen atoms in total. The third kappa shape index (κ3) is 68.1. The summed E-state index contributed by atoms with van der Waals surface area (Å²) in [6.07, 6.45) is 82.8. The molecule has 0 bridgehead atoms. The fourth-order valence-corrected chi connectivity index (χ4v) is 9.80. The van der Waals surface area contributed by atoms with Crippen molar-refractivity contribution in [1.29, 1.82) is 0 Å². The first-order valence-electron chi connectivity index (χ1n) is 34.4. The van der Waals surface area contributed by atoms with E-state index in [2.05, 4.69) is 167 Å². The molecule has 0 fully saturated rings. The maximum Gasteiger partial charge on any atom is 0.472 e. The van der Waals surface area contributed by atoms with Gasteiger partial charge in [-0.05, 0) is 141 Å². The second kappa shape index (κ2) is 66.9. The van der Waals surface area contributed by atoms with Crippen molar-refractivity contribution in [2.24, 2.45) is 0 Å². The Bertz CT molecular complexity index is 2370. The van der Waals surface area contributed by atoms with E-state index in [1.54, 1.807) is 0 Å². The lowest BCUT2D eigenvalue weighted by atomic mass is 10.1. The molecule has 0 aliphatic carbocycles. The molecule has 0 aliphatic rings. The summed E-state index contributed by atoms with van der Waals surface area (Å²) in [5.74, 6) is -1.74. The zero-order valence-corrected chi connectivity index (χ0v) is 58.6. The van der Waals surface area contributed by atoms with E-state index in [-0.39, 0.29) is 19.3 Å². The summed E-state index contributed by atoms with van der Waals surface area (Å²) in [7, 11) is -9.83. The van der Waals surface area contributed by atoms with Crippen LogP contribution in [-0.4, -0.2) is 95.9 Å². The number of rotatable bonds is 63. The van der Waals surface area contributed by atoms with Crippen molar-refractivity contribution in [3.8, 4) is 0 Å². The molecular weight excluding hydrogens is 1220 g/mol. The Kier molecular flexibility index (Phi) is 63.2. The van der Waals surface area contributed by atoms with Gasteiger partial charge in [-0.2, -0.15) is 0 Å². The van der Waals surface area contributed by atoms with Crippen LogP contribution in [0.5, 0.6) is 0 Å². The second-order valence-corrected chi connectivity index (χ2v) is 25.1. The molecule has 0 aromatic rings. The largest absolute Gasteiger partial charge is 0.472 e. The molecule has 0 saturated heterocycles. The highest BCUT2D eigenvalue weighted by Crippen LogP contribution is 2.45. The molecule has 0 aromatic heterocycles. The molecule has 93 heavy (non-hydrogen) atoms. The molecule has 0 heterocycles. The number of unbranched alkanes of at least 4 members (excludes halogenated alkanes) is 12. The van der Waals surface area contributed by atoms with Gasteiger partial charge in [-0.25, -0.2) is 9.13 Å². The SMILES string of the molecule is CC/C=C\C/C=C\C/C=C\C/C=C\C/C=C\CCCC(=O)OCC(COP(=O)(O)OCC(O)COP(=O)(O)OCC(O)COC(=O)CCCCCCCCC/C=C\C/C=C\C/C=C\C/C=C\CCCCC)OC(=O)CCC/C=C\C/C=C\C/C=C\C/C=C\C/C=C\CC. The Morgan fingerprint density at radius 3 is 0.946 bits per heavy atom. The van der Waals surface area contributed by atoms with Crippen LogP contribution in [0.1, 0.15) is 226 Å². The van der Waals surface area contributed by atoms with Gasteiger partial charge >= 0.3 is 33.6 Å². The number of ether oxygens (including phenoxy) is 3. The molecule has 5 unspecified atom stereocenters. The van der Waals surface area contributed by atoms with Crippen molar-refractivity contribution in [2.75, 3.05) is 39.6 Å². The van der Waals surface area contributed by atoms with Crippen molar-refractivity contribution in [1.82, 2.24) is 0 Å². The zero-order valence-electron chi connectivity index (χ0n) is 56.9. The van der Waals surface area contributed by atoms with Crippen molar-refractivity contribution in [3.05, 3.63) is 170 Å². The third-order valence-corrected chi connectivity index (χ3v) is 15.3. The summed E-state index contributed by atoms with van der Waals surface area (Å²) < 4.78 is 60.8. The standard InChI is InChI=1S/C75H120O16P2/c1-4-7-10-13-16-19-22-25-28-31-32-33-34-35-36-39-41-43-46-49-52-55-58-61-73(78)85-64-70(76)65-87-92(81,82)88-66-71(77)67-89-93(83,84)90-69-72(91-75(80)63-60-57-54-51-48-45-42-38-30-27-24-21-18-15-12-9-6-3)68-86-74(79)62-59-56-53-50-47-44-40-37-29-26-23-20-17-14-11-8-5-2/h8-9,11-12,16-21,25-30,32-33,35-36,40,42,44-45,50-51,53-54,70-72,76-77H,4-7,10,13-15,22-24,31,34,37-39,41,43,46-49,52,55-69H2,1-3H3,(H,81,82)(H,83,84)/b11-8-,12-9-,19-16-,20-17-,21-18-,28-25-,29-26-,30-27-,33-32-,36-35-,44-40-,45-42-,53-50-,54-51-. The van der Waals surface area contributed by atoms with Crippen LogP contribution in [0, 0.1) is 0 Å². The Morgan fingerprint density at radius 1 is 0.312 bits per heavy atom. The lowest BCUT2D eigenvalue weighted by molar-refractivity contribution is -0.161. The van der Waals surface area contributed by atoms with Gasteiger partial charge in [0.25, 0.3) is 0 Å². The molecular formula is C75H120O16P2. The molecule has 0 saturated carbocycles. The molecule has 0 spiro atoms. The number of allylic oxidation sites excluding steroid dienone is 28. The normalized spacial score (nSPS) is 15.2. The third-order valence-electron chi connectivity index (χ3n) is 13.4. The van der Waals surface area contributed by atoms with E-state index < -0.39 is 91.5 Å². The first-order valence-corrected chi connectivity index (χ1v) is 37.4. The van der Waals surface area contributed by atoms with Crippen LogP contribution in [0.4, 0.5) is 0 Å². The highest BCUT2D eigenvalue weighted by Gasteiger charge is 2.29. The number of phosphoric ester groups is 2. The van der Waals surface area contributed by atoms with Crippen LogP contribution in [0.15, 0.2) is 170 Å². The molecule has 0 aliphatic heterocycles. The molecule has 0 rings (SSSR count). The number of carbonyl (C=O) groups is 3. The van der Waals surface area contributed by atoms with Crippen molar-refractivity contribution in [2.45, 2.75) is 245 Å². The van der Waals surface area contributed by atoms with Crippen LogP contribution < -0.4 is 0 Å². The minimum Gasteiger partial charge on any atom is -0.463 e. The molecule has 5 atom stereocenters. The maximum atomic E-state index is 12.9. The molecule has 526 valence electrons. The number of esters is 3. The average molecular weight is 1340 g/mol. The Labute approximate surface area is 561 Å². The molecule has 0 aromatic carbocycles. The van der Waals surface area contributed by atoms with Crippen molar-refractivity contribution in [3.63, 3.8) is 0 Å². The monoisotopic (exact) mass is 1340 g/mol. The van der Waals surface area contributed by atoms with Crippen LogP contribution in [0.25, 0.3) is 0 Å². The predicted molar refractivity (Wildman–Crippen MR) is 380 cm³/mol. The number of hydrogen-bond acceptors (Lipinski definition) is 14. The second-order valence-electron chi connectivity index (χ2n) is 22.2. The topological polar surface area (TPSA) is 231 Å². The summed E-state index contributed by atoms with van der Waals surface area (Å²) in [4.78, 5) is 58.4. The highest BCUT2D eigenvalue weighted by atomic mass is 31.2. The van der Waals surface area contributed by atoms with E-state index in [0.29, 0.717) is 32.1 Å². The van der Waals surface area contributed by atoms with Crippen molar-refractivity contribution >= 4 is 33.6 Å². The summed E-state index contributed by atoms with van der Waals surface area (Å²) >= 11 is 0. The molecule has 0 amide bonds. The molecule has 18 heteroatoms. The number of aliphatic hydroxyl groups excluding tert-OH is 2. The summed E-state index contributed by atoms with van der Waals surface area (Å²) in [5.41, 5.74) is 0. The van der Waals surface area contributed by atoms with Gasteiger partial charge in [0.2, 0.25) is 0 Å². The lowest BCUT2D eigenvalue weighted by Gasteiger charge is -2.21. The van der Waals surface area contributed by atoms with Gasteiger partial charge in [0.1, 0.15) is 25.4 Å². The van der Waals surface area contributed by atoms with Gasteiger partial charge in [-0.3, -0.25) is 32.5 Å². The first-order chi connectivity index (χ1) is 45.2. The van der Waals surface area contributed by atoms with Gasteiger partial charge in [0, 0.05) is 19.3 Å². The van der Waals surface area contributed by atoms with E-state index in [4.69, 9.17) is 32.3 Å². The van der Waals surface area contributed by atoms with E-state index in [0.717, 1.165) is 128 Å². The van der Waals surface area contributed by atoms with Gasteiger partial charge in [0.05, 0.1) is 26.4 Å². The quantitative estimate of drug-likeness (QED) is 0.0146. The minimum absolute atomic E-state index is 0.00642. The number of aliphatic hydroxyl groups is 2. The van der Waals surface area contributed by atoms with Crippen molar-refractivity contribution < 1.29 is 75.8 Å². The van der Waals surface area contributed by atoms with Gasteiger partial charge < -0.3 is 34.2 Å². The Hall–Kier alpha value is -5.09. The fraction of sp³-hybridized carbons (Fsp3) is 0.587. The first kappa shape index (κ1) is 87.9. The molecule has 4 N–H and O–H groups in total. The van der Waals surface area contributed by atoms with E-state index in [1.165, 1.54) is 25.7 Å². The Balaban J connectivity index is 4.77. The predicted octanol–water partition coefficient (Wildman–Crippen LogP) is 19.3. The summed E-state index contributed by atoms with van der Waals surface area (Å²) in [6.45, 7) is 2.22.